The number of amides is 3. The number of nitrogens with one attached hydrogen (secondary N) is 4. The highest BCUT2D eigenvalue weighted by molar-refractivity contribution is 7.99. The van der Waals surface area contributed by atoms with Gasteiger partial charge in [0.1, 0.15) is 0 Å². The number of aliphatic hydroxyl groups excluding tert-OH is 1. The zero-order valence-electron chi connectivity index (χ0n) is 20.9. The Morgan fingerprint density at radius 1 is 1.05 bits per heavy atom. The van der Waals surface area contributed by atoms with Crippen LogP contribution in [-0.4, -0.2) is 47.5 Å². The first-order valence-corrected chi connectivity index (χ1v) is 13.7. The molecule has 0 radical (unpaired) electrons. The third kappa shape index (κ3) is 6.30. The number of carbonyl (C=O) groups excluding carboxylic acids is 2. The molecule has 2 heterocycles. The summed E-state index contributed by atoms with van der Waals surface area (Å²) >= 11 is 1.81. The number of H-pyrrole nitrogens is 1. The highest BCUT2D eigenvalue weighted by Crippen LogP contribution is 2.37. The fraction of sp³-hybridized carbons (Fsp3) is 0.241. The van der Waals surface area contributed by atoms with Gasteiger partial charge in [-0.15, -0.1) is 11.8 Å². The Hall–Kier alpha value is -3.95. The highest BCUT2D eigenvalue weighted by Gasteiger charge is 2.23. The number of aromatic amines is 1. The van der Waals surface area contributed by atoms with E-state index in [2.05, 4.69) is 50.1 Å². The van der Waals surface area contributed by atoms with Crippen molar-refractivity contribution in [2.24, 2.45) is 0 Å². The minimum atomic E-state index is -0.557. The van der Waals surface area contributed by atoms with E-state index in [0.717, 1.165) is 41.0 Å². The van der Waals surface area contributed by atoms with Crippen LogP contribution in [0.3, 0.4) is 0 Å². The third-order valence-corrected chi connectivity index (χ3v) is 7.55. The number of hydrogen-bond donors (Lipinski definition) is 5. The fourth-order valence-electron chi connectivity index (χ4n) is 4.63. The van der Waals surface area contributed by atoms with Crippen LogP contribution in [0.2, 0.25) is 0 Å². The van der Waals surface area contributed by atoms with Crippen LogP contribution >= 0.6 is 11.8 Å². The van der Waals surface area contributed by atoms with Crippen molar-refractivity contribution in [3.63, 3.8) is 0 Å². The summed E-state index contributed by atoms with van der Waals surface area (Å²) in [5.74, 6) is 0.753. The van der Waals surface area contributed by atoms with Crippen molar-refractivity contribution in [2.75, 3.05) is 35.7 Å². The molecular weight excluding hydrogens is 498 g/mol. The monoisotopic (exact) mass is 529 g/mol. The van der Waals surface area contributed by atoms with Crippen molar-refractivity contribution in [1.82, 2.24) is 15.6 Å². The second-order valence-electron chi connectivity index (χ2n) is 9.19. The van der Waals surface area contributed by atoms with Crippen LogP contribution < -0.4 is 20.9 Å². The summed E-state index contributed by atoms with van der Waals surface area (Å²) in [7, 11) is 0. The van der Waals surface area contributed by atoms with Crippen molar-refractivity contribution in [2.45, 2.75) is 23.9 Å². The first-order valence-electron chi connectivity index (χ1n) is 12.7. The molecule has 0 saturated carbocycles. The first-order chi connectivity index (χ1) is 18.6. The number of carbonyl (C=O) groups is 2. The van der Waals surface area contributed by atoms with Crippen molar-refractivity contribution in [1.29, 1.82) is 0 Å². The number of rotatable bonds is 9. The quantitative estimate of drug-likeness (QED) is 0.217. The minimum absolute atomic E-state index is 0.0493. The molecule has 38 heavy (non-hydrogen) atoms. The molecule has 0 bridgehead atoms. The molecule has 1 aromatic heterocycles. The van der Waals surface area contributed by atoms with Crippen LogP contribution in [0.5, 0.6) is 0 Å². The van der Waals surface area contributed by atoms with Crippen molar-refractivity contribution < 1.29 is 14.7 Å². The lowest BCUT2D eigenvalue weighted by Gasteiger charge is -2.32. The van der Waals surface area contributed by atoms with Gasteiger partial charge >= 0.3 is 6.03 Å². The van der Waals surface area contributed by atoms with Gasteiger partial charge in [0.25, 0.3) is 0 Å². The molecule has 5 rings (SSSR count). The van der Waals surface area contributed by atoms with Crippen molar-refractivity contribution >= 4 is 46.0 Å². The Kier molecular flexibility index (Phi) is 8.15. The van der Waals surface area contributed by atoms with E-state index in [1.54, 1.807) is 0 Å². The summed E-state index contributed by atoms with van der Waals surface area (Å²) in [4.78, 5) is 32.3. The van der Waals surface area contributed by atoms with Gasteiger partial charge in [0, 0.05) is 47.7 Å². The number of aliphatic hydroxyl groups is 1. The van der Waals surface area contributed by atoms with Gasteiger partial charge in [0.2, 0.25) is 5.91 Å². The molecule has 0 spiro atoms. The molecule has 3 amide bonds. The van der Waals surface area contributed by atoms with E-state index in [9.17, 15) is 9.59 Å². The van der Waals surface area contributed by atoms with E-state index < -0.39 is 12.1 Å². The summed E-state index contributed by atoms with van der Waals surface area (Å²) in [6, 6.07) is 23.1. The molecule has 4 aromatic rings. The number of fused-ring (bicyclic) bond motifs is 2. The van der Waals surface area contributed by atoms with Crippen LogP contribution in [0.4, 0.5) is 16.2 Å². The Morgan fingerprint density at radius 3 is 2.76 bits per heavy atom. The van der Waals surface area contributed by atoms with E-state index in [-0.39, 0.29) is 25.5 Å². The predicted molar refractivity (Wildman–Crippen MR) is 153 cm³/mol. The molecule has 0 fully saturated rings. The SMILES string of the molecule is O=C(CC(NC(=O)Nc1ccc2cc[nH]c2c1)c1ccc2c(c1)N(Cc1ccccc1)CCS2)NCCO. The molecule has 0 aliphatic carbocycles. The van der Waals surface area contributed by atoms with Gasteiger partial charge in [-0.2, -0.15) is 0 Å². The average molecular weight is 530 g/mol. The largest absolute Gasteiger partial charge is 0.395 e. The van der Waals surface area contributed by atoms with Crippen LogP contribution in [0.1, 0.15) is 23.6 Å². The van der Waals surface area contributed by atoms with Gasteiger partial charge in [-0.05, 0) is 46.8 Å². The highest BCUT2D eigenvalue weighted by atomic mass is 32.2. The minimum Gasteiger partial charge on any atom is -0.395 e. The van der Waals surface area contributed by atoms with Gasteiger partial charge in [-0.1, -0.05) is 42.5 Å². The molecule has 1 unspecified atom stereocenters. The van der Waals surface area contributed by atoms with E-state index in [1.165, 1.54) is 10.5 Å². The number of thioether (sulfide) groups is 1. The van der Waals surface area contributed by atoms with E-state index >= 15 is 0 Å². The number of hydrogen-bond acceptors (Lipinski definition) is 5. The summed E-state index contributed by atoms with van der Waals surface area (Å²) in [6.07, 6.45) is 1.90. The zero-order valence-corrected chi connectivity index (χ0v) is 21.8. The molecule has 196 valence electrons. The Bertz CT molecular complexity index is 1410. The van der Waals surface area contributed by atoms with Gasteiger partial charge in [-0.25, -0.2) is 4.79 Å². The molecule has 1 atom stereocenters. The predicted octanol–water partition coefficient (Wildman–Crippen LogP) is 4.64. The van der Waals surface area contributed by atoms with E-state index in [4.69, 9.17) is 5.11 Å². The Morgan fingerprint density at radius 2 is 1.92 bits per heavy atom. The summed E-state index contributed by atoms with van der Waals surface area (Å²) in [6.45, 7) is 1.72. The van der Waals surface area contributed by atoms with Crippen LogP contribution in [-0.2, 0) is 11.3 Å². The number of benzene rings is 3. The molecule has 8 nitrogen and oxygen atoms in total. The summed E-state index contributed by atoms with van der Waals surface area (Å²) in [5, 5.41) is 18.7. The van der Waals surface area contributed by atoms with Gasteiger partial charge in [-0.3, -0.25) is 4.79 Å². The number of nitrogens with zero attached hydrogens (tertiary/aromatic N) is 1. The zero-order chi connectivity index (χ0) is 26.3. The molecule has 9 heteroatoms. The van der Waals surface area contributed by atoms with Gasteiger partial charge < -0.3 is 30.9 Å². The summed E-state index contributed by atoms with van der Waals surface area (Å²) < 4.78 is 0. The Labute approximate surface area is 225 Å². The van der Waals surface area contributed by atoms with Crippen LogP contribution in [0.15, 0.2) is 83.9 Å². The van der Waals surface area contributed by atoms with Gasteiger partial charge in [0.05, 0.1) is 24.8 Å². The normalized spacial score (nSPS) is 13.6. The van der Waals surface area contributed by atoms with Crippen LogP contribution in [0, 0.1) is 0 Å². The molecule has 5 N–H and O–H groups in total. The van der Waals surface area contributed by atoms with E-state index in [1.807, 2.05) is 66.5 Å². The number of aromatic nitrogens is 1. The average Bonchev–Trinajstić information content (AvgIpc) is 3.40. The topological polar surface area (TPSA) is 109 Å². The van der Waals surface area contributed by atoms with Crippen LogP contribution in [0.25, 0.3) is 10.9 Å². The fourth-order valence-corrected chi connectivity index (χ4v) is 5.66. The molecule has 1 aliphatic rings. The number of urea groups is 1. The molecule has 3 aromatic carbocycles. The maximum Gasteiger partial charge on any atom is 0.319 e. The third-order valence-electron chi connectivity index (χ3n) is 6.50. The smallest absolute Gasteiger partial charge is 0.319 e. The maximum absolute atomic E-state index is 13.0. The second-order valence-corrected chi connectivity index (χ2v) is 10.3. The van der Waals surface area contributed by atoms with Crippen molar-refractivity contribution in [3.8, 4) is 0 Å². The Balaban J connectivity index is 1.37. The van der Waals surface area contributed by atoms with Gasteiger partial charge in [0.15, 0.2) is 0 Å². The lowest BCUT2D eigenvalue weighted by Crippen LogP contribution is -2.37. The lowest BCUT2D eigenvalue weighted by atomic mass is 10.0. The first kappa shape index (κ1) is 25.7. The summed E-state index contributed by atoms with van der Waals surface area (Å²) in [5.41, 5.74) is 4.75. The lowest BCUT2D eigenvalue weighted by molar-refractivity contribution is -0.121. The van der Waals surface area contributed by atoms with E-state index in [0.29, 0.717) is 5.69 Å². The maximum atomic E-state index is 13.0. The molecule has 0 saturated heterocycles. The standard InChI is InChI=1S/C29H31N5O3S/c35-14-12-31-28(36)18-25(33-29(37)32-23-8-6-21-10-11-30-24(21)17-23)22-7-9-27-26(16-22)34(13-15-38-27)19-20-4-2-1-3-5-20/h1-11,16-17,25,30,35H,12-15,18-19H2,(H,31,36)(H2,32,33,37). The molecule has 1 aliphatic heterocycles. The second kappa shape index (κ2) is 12.1. The number of anilines is 2. The van der Waals surface area contributed by atoms with Crippen molar-refractivity contribution in [3.05, 3.63) is 90.1 Å². The molecular formula is C29H31N5O3S.